The van der Waals surface area contributed by atoms with E-state index in [9.17, 15) is 4.79 Å². The quantitative estimate of drug-likeness (QED) is 0.913. The fourth-order valence-corrected chi connectivity index (χ4v) is 2.64. The van der Waals surface area contributed by atoms with Gasteiger partial charge in [0.1, 0.15) is 5.75 Å². The molecular weight excluding hydrogens is 250 g/mol. The third kappa shape index (κ3) is 3.99. The summed E-state index contributed by atoms with van der Waals surface area (Å²) in [4.78, 5) is 12.2. The van der Waals surface area contributed by atoms with Crippen LogP contribution < -0.4 is 10.1 Å². The van der Waals surface area contributed by atoms with Crippen molar-refractivity contribution in [2.75, 3.05) is 0 Å². The molecule has 0 saturated heterocycles. The van der Waals surface area contributed by atoms with Crippen molar-refractivity contribution >= 4 is 5.91 Å². The highest BCUT2D eigenvalue weighted by Gasteiger charge is 2.21. The number of benzene rings is 1. The molecule has 0 radical (unpaired) electrons. The van der Waals surface area contributed by atoms with E-state index in [1.54, 1.807) is 0 Å². The summed E-state index contributed by atoms with van der Waals surface area (Å²) in [5, 5.41) is 3.11. The summed E-state index contributed by atoms with van der Waals surface area (Å²) in [6.45, 7) is 5.85. The highest BCUT2D eigenvalue weighted by molar-refractivity contribution is 5.81. The lowest BCUT2D eigenvalue weighted by Crippen LogP contribution is -2.43. The third-order valence-electron chi connectivity index (χ3n) is 3.97. The van der Waals surface area contributed by atoms with Gasteiger partial charge in [-0.2, -0.15) is 0 Å². The minimum Gasteiger partial charge on any atom is -0.481 e. The molecule has 0 spiro atoms. The van der Waals surface area contributed by atoms with Crippen LogP contribution in [-0.2, 0) is 4.79 Å². The van der Waals surface area contributed by atoms with Gasteiger partial charge in [0.2, 0.25) is 0 Å². The summed E-state index contributed by atoms with van der Waals surface area (Å²) in [6, 6.07) is 6.39. The molecule has 3 heteroatoms. The minimum atomic E-state index is -0.447. The number of carbonyl (C=O) groups excluding carboxylic acids is 1. The number of hydrogen-bond acceptors (Lipinski definition) is 2. The molecule has 1 saturated carbocycles. The van der Waals surface area contributed by atoms with Crippen molar-refractivity contribution in [2.45, 2.75) is 65.0 Å². The first-order valence-electron chi connectivity index (χ1n) is 7.60. The van der Waals surface area contributed by atoms with Crippen molar-refractivity contribution in [3.8, 4) is 5.75 Å². The maximum atomic E-state index is 12.2. The van der Waals surface area contributed by atoms with E-state index in [1.165, 1.54) is 19.3 Å². The molecule has 1 N–H and O–H groups in total. The van der Waals surface area contributed by atoms with Crippen LogP contribution in [0.1, 0.15) is 50.2 Å². The topological polar surface area (TPSA) is 38.3 Å². The zero-order valence-corrected chi connectivity index (χ0v) is 12.7. The van der Waals surface area contributed by atoms with Gasteiger partial charge in [-0.1, -0.05) is 31.4 Å². The molecule has 1 atom stereocenters. The van der Waals surface area contributed by atoms with Gasteiger partial charge in [-0.15, -0.1) is 0 Å². The monoisotopic (exact) mass is 275 g/mol. The van der Waals surface area contributed by atoms with Crippen LogP contribution in [0.4, 0.5) is 0 Å². The number of rotatable bonds is 4. The van der Waals surface area contributed by atoms with E-state index in [4.69, 9.17) is 4.74 Å². The summed E-state index contributed by atoms with van der Waals surface area (Å²) in [7, 11) is 0. The molecule has 1 aliphatic carbocycles. The highest BCUT2D eigenvalue weighted by atomic mass is 16.5. The Hall–Kier alpha value is -1.51. The van der Waals surface area contributed by atoms with Gasteiger partial charge in [0.25, 0.3) is 5.91 Å². The highest BCUT2D eigenvalue weighted by Crippen LogP contribution is 2.21. The van der Waals surface area contributed by atoms with Crippen LogP contribution in [0.2, 0.25) is 0 Å². The second-order valence-corrected chi connectivity index (χ2v) is 5.87. The molecule has 2 rings (SSSR count). The predicted octanol–water partition coefficient (Wildman–Crippen LogP) is 3.52. The maximum absolute atomic E-state index is 12.2. The van der Waals surface area contributed by atoms with Gasteiger partial charge in [-0.05, 0) is 50.8 Å². The fourth-order valence-electron chi connectivity index (χ4n) is 2.64. The summed E-state index contributed by atoms with van der Waals surface area (Å²) in [5.41, 5.74) is 2.21. The van der Waals surface area contributed by atoms with Gasteiger partial charge in [0.15, 0.2) is 6.10 Å². The van der Waals surface area contributed by atoms with Crippen LogP contribution in [0.15, 0.2) is 18.2 Å². The Morgan fingerprint density at radius 2 is 1.95 bits per heavy atom. The second kappa shape index (κ2) is 6.78. The molecule has 20 heavy (non-hydrogen) atoms. The molecule has 1 amide bonds. The van der Waals surface area contributed by atoms with Crippen molar-refractivity contribution in [3.63, 3.8) is 0 Å². The van der Waals surface area contributed by atoms with E-state index in [0.717, 1.165) is 29.7 Å². The van der Waals surface area contributed by atoms with E-state index >= 15 is 0 Å². The SMILES string of the molecule is Cc1ccc(C)c(O[C@@H](C)C(=O)NC2CCCCC2)c1. The minimum absolute atomic E-state index is 0.00203. The number of ether oxygens (including phenoxy) is 1. The molecule has 0 heterocycles. The number of carbonyl (C=O) groups is 1. The molecule has 110 valence electrons. The molecule has 0 aliphatic heterocycles. The number of hydrogen-bond donors (Lipinski definition) is 1. The van der Waals surface area contributed by atoms with Crippen molar-refractivity contribution in [2.24, 2.45) is 0 Å². The molecule has 0 unspecified atom stereocenters. The van der Waals surface area contributed by atoms with Gasteiger partial charge in [0.05, 0.1) is 0 Å². The van der Waals surface area contributed by atoms with Gasteiger partial charge in [-0.25, -0.2) is 0 Å². The molecule has 0 aromatic heterocycles. The molecular formula is C17H25NO2. The Labute approximate surface area is 121 Å². The predicted molar refractivity (Wildman–Crippen MR) is 81.0 cm³/mol. The van der Waals surface area contributed by atoms with Crippen LogP contribution in [0, 0.1) is 13.8 Å². The fraction of sp³-hybridized carbons (Fsp3) is 0.588. The largest absolute Gasteiger partial charge is 0.481 e. The van der Waals surface area contributed by atoms with Crippen LogP contribution in [0.5, 0.6) is 5.75 Å². The first-order valence-corrected chi connectivity index (χ1v) is 7.60. The Kier molecular flexibility index (Phi) is 5.05. The molecule has 3 nitrogen and oxygen atoms in total. The molecule has 1 aromatic carbocycles. The number of amides is 1. The smallest absolute Gasteiger partial charge is 0.260 e. The van der Waals surface area contributed by atoms with Crippen molar-refractivity contribution < 1.29 is 9.53 Å². The molecule has 1 fully saturated rings. The lowest BCUT2D eigenvalue weighted by Gasteiger charge is -2.25. The first kappa shape index (κ1) is 14.9. The Morgan fingerprint density at radius 3 is 2.65 bits per heavy atom. The molecule has 1 aliphatic rings. The average Bonchev–Trinajstić information content (AvgIpc) is 2.44. The summed E-state index contributed by atoms with van der Waals surface area (Å²) >= 11 is 0. The third-order valence-corrected chi connectivity index (χ3v) is 3.97. The summed E-state index contributed by atoms with van der Waals surface area (Å²) in [5.74, 6) is 0.800. The normalized spacial score (nSPS) is 17.6. The summed E-state index contributed by atoms with van der Waals surface area (Å²) in [6.07, 6.45) is 5.48. The molecule has 1 aromatic rings. The standard InChI is InChI=1S/C17H25NO2/c1-12-9-10-13(2)16(11-12)20-14(3)17(19)18-15-7-5-4-6-8-15/h9-11,14-15H,4-8H2,1-3H3,(H,18,19)/t14-/m0/s1. The van der Waals surface area contributed by atoms with Gasteiger partial charge < -0.3 is 10.1 Å². The van der Waals surface area contributed by atoms with E-state index in [0.29, 0.717) is 6.04 Å². The number of aryl methyl sites for hydroxylation is 2. The Balaban J connectivity index is 1.91. The average molecular weight is 275 g/mol. The van der Waals surface area contributed by atoms with Crippen molar-refractivity contribution in [1.82, 2.24) is 5.32 Å². The van der Waals surface area contributed by atoms with Crippen LogP contribution in [0.3, 0.4) is 0 Å². The Morgan fingerprint density at radius 1 is 1.25 bits per heavy atom. The van der Waals surface area contributed by atoms with Crippen LogP contribution in [0.25, 0.3) is 0 Å². The van der Waals surface area contributed by atoms with E-state index in [2.05, 4.69) is 11.4 Å². The number of nitrogens with one attached hydrogen (secondary N) is 1. The van der Waals surface area contributed by atoms with Gasteiger partial charge >= 0.3 is 0 Å². The van der Waals surface area contributed by atoms with Gasteiger partial charge in [0, 0.05) is 6.04 Å². The zero-order valence-electron chi connectivity index (χ0n) is 12.7. The van der Waals surface area contributed by atoms with E-state index in [-0.39, 0.29) is 5.91 Å². The van der Waals surface area contributed by atoms with Crippen LogP contribution in [-0.4, -0.2) is 18.1 Å². The lowest BCUT2D eigenvalue weighted by atomic mass is 9.95. The van der Waals surface area contributed by atoms with Gasteiger partial charge in [-0.3, -0.25) is 4.79 Å². The van der Waals surface area contributed by atoms with Crippen molar-refractivity contribution in [1.29, 1.82) is 0 Å². The zero-order chi connectivity index (χ0) is 14.5. The lowest BCUT2D eigenvalue weighted by molar-refractivity contribution is -0.128. The van der Waals surface area contributed by atoms with E-state index < -0.39 is 6.10 Å². The second-order valence-electron chi connectivity index (χ2n) is 5.87. The first-order chi connectivity index (χ1) is 9.56. The van der Waals surface area contributed by atoms with Crippen molar-refractivity contribution in [3.05, 3.63) is 29.3 Å². The summed E-state index contributed by atoms with van der Waals surface area (Å²) < 4.78 is 5.82. The van der Waals surface area contributed by atoms with Crippen LogP contribution >= 0.6 is 0 Å². The molecule has 0 bridgehead atoms. The maximum Gasteiger partial charge on any atom is 0.260 e. The van der Waals surface area contributed by atoms with E-state index in [1.807, 2.05) is 32.9 Å². The Bertz CT molecular complexity index is 464.